The molecule has 2 aliphatic heterocycles. The molecule has 12 heteroatoms. The lowest BCUT2D eigenvalue weighted by molar-refractivity contribution is -0.384. The number of benzene rings is 2. The van der Waals surface area contributed by atoms with Gasteiger partial charge in [-0.3, -0.25) is 24.7 Å². The van der Waals surface area contributed by atoms with Crippen molar-refractivity contribution in [3.05, 3.63) is 96.6 Å². The largest absolute Gasteiger partial charge is 0.353 e. The summed E-state index contributed by atoms with van der Waals surface area (Å²) in [5, 5.41) is 15.2. The van der Waals surface area contributed by atoms with E-state index in [9.17, 15) is 14.9 Å². The van der Waals surface area contributed by atoms with E-state index in [0.717, 1.165) is 69.8 Å². The lowest BCUT2D eigenvalue weighted by Crippen LogP contribution is -2.53. The molecule has 2 aliphatic rings. The Kier molecular flexibility index (Phi) is 9.62. The number of pyridine rings is 1. The zero-order chi connectivity index (χ0) is 28.9. The molecule has 1 amide bonds. The molecule has 9 nitrogen and oxygen atoms in total. The number of nitro benzene ring substituents is 1. The first kappa shape index (κ1) is 29.5. The average molecular weight is 620 g/mol. The summed E-state index contributed by atoms with van der Waals surface area (Å²) in [7, 11) is 0. The van der Waals surface area contributed by atoms with E-state index in [1.165, 1.54) is 0 Å². The summed E-state index contributed by atoms with van der Waals surface area (Å²) in [5.74, 6) is 0.420. The van der Waals surface area contributed by atoms with Crippen LogP contribution in [0.15, 0.2) is 54.7 Å². The van der Waals surface area contributed by atoms with Crippen LogP contribution in [0.4, 0.5) is 11.5 Å². The molecule has 2 aromatic carbocycles. The maximum atomic E-state index is 12.7. The number of piperidine rings is 1. The number of hydrogen-bond donors (Lipinski definition) is 1. The molecular formula is C29H33Cl3N6O3. The quantitative estimate of drug-likeness (QED) is 0.247. The molecule has 3 aromatic rings. The first-order valence-corrected chi connectivity index (χ1v) is 14.7. The van der Waals surface area contributed by atoms with Gasteiger partial charge in [0.05, 0.1) is 15.5 Å². The summed E-state index contributed by atoms with van der Waals surface area (Å²) in [6, 6.07) is 14.2. The van der Waals surface area contributed by atoms with Gasteiger partial charge in [-0.15, -0.1) is 0 Å². The summed E-state index contributed by atoms with van der Waals surface area (Å²) in [6.45, 7) is 6.57. The predicted molar refractivity (Wildman–Crippen MR) is 164 cm³/mol. The van der Waals surface area contributed by atoms with Crippen LogP contribution in [0.25, 0.3) is 0 Å². The van der Waals surface area contributed by atoms with Crippen LogP contribution in [0.5, 0.6) is 0 Å². The second kappa shape index (κ2) is 13.4. The lowest BCUT2D eigenvalue weighted by atomic mass is 10.0. The Morgan fingerprint density at radius 3 is 2.32 bits per heavy atom. The number of non-ortho nitro benzene ring substituents is 1. The van der Waals surface area contributed by atoms with Crippen LogP contribution in [0.2, 0.25) is 15.1 Å². The van der Waals surface area contributed by atoms with E-state index in [2.05, 4.69) is 25.0 Å². The maximum Gasteiger partial charge on any atom is 0.269 e. The first-order valence-electron chi connectivity index (χ1n) is 13.6. The molecule has 2 fully saturated rings. The molecule has 0 atom stereocenters. The highest BCUT2D eigenvalue weighted by molar-refractivity contribution is 6.35. The Morgan fingerprint density at radius 2 is 1.68 bits per heavy atom. The Labute approximate surface area is 255 Å². The van der Waals surface area contributed by atoms with Gasteiger partial charge >= 0.3 is 0 Å². The van der Waals surface area contributed by atoms with Crippen molar-refractivity contribution in [1.29, 1.82) is 0 Å². The van der Waals surface area contributed by atoms with Gasteiger partial charge in [-0.25, -0.2) is 4.98 Å². The van der Waals surface area contributed by atoms with Crippen LogP contribution in [0.1, 0.15) is 35.8 Å². The summed E-state index contributed by atoms with van der Waals surface area (Å²) in [6.07, 6.45) is 3.75. The number of carbonyl (C=O) groups excluding carboxylic acids is 1. The SMILES string of the molecule is O=C(NCc1ccc(Cl)cc1Cl)c1cnc(N2CCN(C3CCN(Cc4ccc([N+](=O)[O-])cc4)CC3)CC2)c(Cl)c1.[HH]. The number of likely N-dealkylation sites (tertiary alicyclic amines) is 1. The molecule has 0 aliphatic carbocycles. The van der Waals surface area contributed by atoms with Crippen molar-refractivity contribution < 1.29 is 11.1 Å². The molecule has 0 spiro atoms. The van der Waals surface area contributed by atoms with Gasteiger partial charge in [0.2, 0.25) is 0 Å². The highest BCUT2D eigenvalue weighted by atomic mass is 35.5. The van der Waals surface area contributed by atoms with Crippen molar-refractivity contribution in [3.63, 3.8) is 0 Å². The molecule has 2 saturated heterocycles. The number of amides is 1. The molecule has 1 N–H and O–H groups in total. The minimum Gasteiger partial charge on any atom is -0.353 e. The standard InChI is InChI=1S/C29H31Cl3N6O3.H2/c30-23-4-3-21(26(31)16-23)17-34-29(39)22-15-27(32)28(33-18-22)37-13-11-36(12-14-37)24-7-9-35(10-8-24)19-20-1-5-25(6-2-20)38(40)41;/h1-6,15-16,18,24H,7-14,17,19H2,(H,34,39);1H. The number of nitrogens with one attached hydrogen (secondary N) is 1. The number of nitro groups is 1. The molecular weight excluding hydrogens is 587 g/mol. The number of rotatable bonds is 8. The van der Waals surface area contributed by atoms with Crippen LogP contribution in [0, 0.1) is 10.1 Å². The van der Waals surface area contributed by atoms with E-state index >= 15 is 0 Å². The Hall–Kier alpha value is -2.95. The fourth-order valence-electron chi connectivity index (χ4n) is 5.45. The van der Waals surface area contributed by atoms with E-state index < -0.39 is 0 Å². The van der Waals surface area contributed by atoms with Gasteiger partial charge in [-0.2, -0.15) is 0 Å². The zero-order valence-corrected chi connectivity index (χ0v) is 24.7. The highest BCUT2D eigenvalue weighted by Crippen LogP contribution is 2.27. The normalized spacial score (nSPS) is 17.0. The summed E-state index contributed by atoms with van der Waals surface area (Å²) >= 11 is 18.7. The third-order valence-electron chi connectivity index (χ3n) is 7.78. The number of aromatic nitrogens is 1. The summed E-state index contributed by atoms with van der Waals surface area (Å²) in [4.78, 5) is 34.9. The van der Waals surface area contributed by atoms with Crippen LogP contribution < -0.4 is 10.2 Å². The molecule has 3 heterocycles. The van der Waals surface area contributed by atoms with Crippen LogP contribution in [-0.2, 0) is 13.1 Å². The van der Waals surface area contributed by atoms with Gasteiger partial charge < -0.3 is 10.2 Å². The van der Waals surface area contributed by atoms with E-state index in [4.69, 9.17) is 34.8 Å². The highest BCUT2D eigenvalue weighted by Gasteiger charge is 2.28. The van der Waals surface area contributed by atoms with Crippen molar-refractivity contribution in [2.45, 2.75) is 32.0 Å². The maximum absolute atomic E-state index is 12.7. The van der Waals surface area contributed by atoms with Crippen LogP contribution in [-0.4, -0.2) is 70.9 Å². The summed E-state index contributed by atoms with van der Waals surface area (Å²) < 4.78 is 0. The first-order chi connectivity index (χ1) is 19.8. The molecule has 5 rings (SSSR count). The van der Waals surface area contributed by atoms with Crippen LogP contribution in [0.3, 0.4) is 0 Å². The number of nitrogens with zero attached hydrogens (tertiary/aromatic N) is 5. The molecule has 41 heavy (non-hydrogen) atoms. The van der Waals surface area contributed by atoms with Crippen molar-refractivity contribution in [3.8, 4) is 0 Å². The number of carbonyl (C=O) groups is 1. The zero-order valence-electron chi connectivity index (χ0n) is 22.4. The molecule has 0 unspecified atom stereocenters. The third-order valence-corrected chi connectivity index (χ3v) is 8.64. The third kappa shape index (κ3) is 7.47. The number of hydrogen-bond acceptors (Lipinski definition) is 7. The minimum absolute atomic E-state index is 0. The minimum atomic E-state index is -0.366. The number of halogens is 3. The smallest absolute Gasteiger partial charge is 0.269 e. The Morgan fingerprint density at radius 1 is 0.976 bits per heavy atom. The van der Waals surface area contributed by atoms with Crippen molar-refractivity contribution in [2.75, 3.05) is 44.2 Å². The van der Waals surface area contributed by atoms with Crippen molar-refractivity contribution >= 4 is 52.2 Å². The fraction of sp³-hybridized carbons (Fsp3) is 0.379. The number of piperazine rings is 1. The lowest BCUT2D eigenvalue weighted by Gasteiger charge is -2.43. The van der Waals surface area contributed by atoms with Gasteiger partial charge in [-0.1, -0.05) is 53.0 Å². The van der Waals surface area contributed by atoms with E-state index in [1.54, 1.807) is 42.6 Å². The molecule has 218 valence electrons. The molecule has 0 saturated carbocycles. The monoisotopic (exact) mass is 618 g/mol. The topological polar surface area (TPSA) is 94.9 Å². The fourth-order valence-corrected chi connectivity index (χ4v) is 6.21. The van der Waals surface area contributed by atoms with E-state index in [-0.39, 0.29) is 24.5 Å². The molecule has 0 radical (unpaired) electrons. The average Bonchev–Trinajstić information content (AvgIpc) is 2.97. The van der Waals surface area contributed by atoms with Crippen molar-refractivity contribution in [2.24, 2.45) is 0 Å². The van der Waals surface area contributed by atoms with Gasteiger partial charge in [-0.05, 0) is 55.3 Å². The molecule has 0 bridgehead atoms. The van der Waals surface area contributed by atoms with E-state index in [0.29, 0.717) is 32.5 Å². The second-order valence-electron chi connectivity index (χ2n) is 10.4. The van der Waals surface area contributed by atoms with Gasteiger partial charge in [0.15, 0.2) is 0 Å². The van der Waals surface area contributed by atoms with Crippen LogP contribution >= 0.6 is 34.8 Å². The van der Waals surface area contributed by atoms with E-state index in [1.807, 2.05) is 12.1 Å². The van der Waals surface area contributed by atoms with Gasteiger partial charge in [0.1, 0.15) is 5.82 Å². The molecule has 1 aromatic heterocycles. The summed E-state index contributed by atoms with van der Waals surface area (Å²) in [5.41, 5.74) is 2.39. The Balaban J connectivity index is 0.00000405. The van der Waals surface area contributed by atoms with Crippen molar-refractivity contribution in [1.82, 2.24) is 20.1 Å². The van der Waals surface area contributed by atoms with Gasteiger partial charge in [0, 0.05) is 75.1 Å². The Bertz CT molecular complexity index is 1400. The second-order valence-corrected chi connectivity index (χ2v) is 11.7. The number of anilines is 1. The predicted octanol–water partition coefficient (Wildman–Crippen LogP) is 5.91. The van der Waals surface area contributed by atoms with Gasteiger partial charge in [0.25, 0.3) is 11.6 Å².